The number of rotatable bonds is 4. The third kappa shape index (κ3) is 3.28. The van der Waals surface area contributed by atoms with Crippen molar-refractivity contribution in [1.82, 2.24) is 15.3 Å². The van der Waals surface area contributed by atoms with Crippen LogP contribution in [0.3, 0.4) is 0 Å². The molecule has 2 aliphatic rings. The van der Waals surface area contributed by atoms with Gasteiger partial charge in [0.25, 0.3) is 0 Å². The fourth-order valence-electron chi connectivity index (χ4n) is 3.57. The monoisotopic (exact) mass is 324 g/mol. The van der Waals surface area contributed by atoms with Crippen LogP contribution in [-0.4, -0.2) is 36.3 Å². The van der Waals surface area contributed by atoms with Crippen molar-refractivity contribution in [2.24, 2.45) is 0 Å². The van der Waals surface area contributed by atoms with E-state index in [-0.39, 0.29) is 0 Å². The molecule has 1 aromatic heterocycles. The minimum absolute atomic E-state index is 0.444. The first-order valence-corrected chi connectivity index (χ1v) is 8.76. The van der Waals surface area contributed by atoms with Gasteiger partial charge in [-0.3, -0.25) is 0 Å². The summed E-state index contributed by atoms with van der Waals surface area (Å²) in [5, 5.41) is 3.66. The van der Waals surface area contributed by atoms with E-state index >= 15 is 0 Å². The lowest BCUT2D eigenvalue weighted by Crippen LogP contribution is -2.37. The maximum absolute atomic E-state index is 5.37. The molecule has 0 amide bonds. The number of aromatic nitrogens is 2. The van der Waals surface area contributed by atoms with Crippen LogP contribution in [0.25, 0.3) is 0 Å². The molecular formula is C19H24N4O. The summed E-state index contributed by atoms with van der Waals surface area (Å²) in [7, 11) is 0. The second-order valence-corrected chi connectivity index (χ2v) is 6.67. The maximum Gasteiger partial charge on any atom is 0.225 e. The topological polar surface area (TPSA) is 50.3 Å². The van der Waals surface area contributed by atoms with E-state index in [9.17, 15) is 0 Å². The molecule has 0 radical (unpaired) electrons. The highest BCUT2D eigenvalue weighted by atomic mass is 16.5. The second-order valence-electron chi connectivity index (χ2n) is 6.67. The van der Waals surface area contributed by atoms with Gasteiger partial charge in [0.1, 0.15) is 0 Å². The molecule has 0 bridgehead atoms. The number of anilines is 1. The average molecular weight is 324 g/mol. The molecule has 1 saturated heterocycles. The zero-order valence-corrected chi connectivity index (χ0v) is 14.2. The summed E-state index contributed by atoms with van der Waals surface area (Å²) in [5.74, 6) is 0.809. The molecule has 5 heteroatoms. The Hall–Kier alpha value is -1.98. The summed E-state index contributed by atoms with van der Waals surface area (Å²) >= 11 is 0. The van der Waals surface area contributed by atoms with Crippen molar-refractivity contribution < 1.29 is 4.74 Å². The van der Waals surface area contributed by atoms with Crippen LogP contribution in [0.2, 0.25) is 0 Å². The van der Waals surface area contributed by atoms with Crippen LogP contribution in [0, 0.1) is 6.92 Å². The number of ether oxygens (including phenoxy) is 1. The Morgan fingerprint density at radius 3 is 2.79 bits per heavy atom. The highest BCUT2D eigenvalue weighted by Gasteiger charge is 2.21. The van der Waals surface area contributed by atoms with E-state index in [1.807, 2.05) is 12.4 Å². The van der Waals surface area contributed by atoms with Gasteiger partial charge in [-0.05, 0) is 30.9 Å². The lowest BCUT2D eigenvalue weighted by atomic mass is 10.1. The quantitative estimate of drug-likeness (QED) is 0.936. The van der Waals surface area contributed by atoms with Gasteiger partial charge >= 0.3 is 0 Å². The molecule has 24 heavy (non-hydrogen) atoms. The normalized spacial score (nSPS) is 20.2. The van der Waals surface area contributed by atoms with Crippen LogP contribution < -0.4 is 10.2 Å². The van der Waals surface area contributed by atoms with E-state index < -0.39 is 0 Å². The third-order valence-electron chi connectivity index (χ3n) is 4.91. The zero-order valence-electron chi connectivity index (χ0n) is 14.2. The van der Waals surface area contributed by atoms with Gasteiger partial charge in [0, 0.05) is 43.6 Å². The molecule has 0 unspecified atom stereocenters. The first-order chi connectivity index (χ1) is 11.8. The van der Waals surface area contributed by atoms with Crippen molar-refractivity contribution in [2.45, 2.75) is 32.4 Å². The largest absolute Gasteiger partial charge is 0.378 e. The number of nitrogens with zero attached hydrogens (tertiary/aromatic N) is 3. The summed E-state index contributed by atoms with van der Waals surface area (Å²) in [4.78, 5) is 11.2. The molecule has 0 saturated carbocycles. The summed E-state index contributed by atoms with van der Waals surface area (Å²) in [6.45, 7) is 6.22. The lowest BCUT2D eigenvalue weighted by Gasteiger charge is -2.26. The van der Waals surface area contributed by atoms with Crippen LogP contribution >= 0.6 is 0 Å². The van der Waals surface area contributed by atoms with Crippen molar-refractivity contribution in [3.05, 3.63) is 52.8 Å². The van der Waals surface area contributed by atoms with Gasteiger partial charge in [0.05, 0.1) is 13.2 Å². The molecule has 4 rings (SSSR count). The average Bonchev–Trinajstić information content (AvgIpc) is 3.03. The van der Waals surface area contributed by atoms with Crippen LogP contribution in [-0.2, 0) is 17.7 Å². The summed E-state index contributed by atoms with van der Waals surface area (Å²) in [6, 6.07) is 7.24. The Labute approximate surface area is 143 Å². The number of fused-ring (bicyclic) bond motifs is 1. The van der Waals surface area contributed by atoms with Crippen LogP contribution in [0.4, 0.5) is 5.95 Å². The molecule has 1 N–H and O–H groups in total. The highest BCUT2D eigenvalue weighted by Crippen LogP contribution is 2.31. The number of aryl methyl sites for hydroxylation is 2. The summed E-state index contributed by atoms with van der Waals surface area (Å²) < 4.78 is 5.37. The number of nitrogens with one attached hydrogen (secondary N) is 1. The molecule has 0 spiro atoms. The molecule has 2 aromatic rings. The van der Waals surface area contributed by atoms with Crippen molar-refractivity contribution in [1.29, 1.82) is 0 Å². The Morgan fingerprint density at radius 1 is 1.21 bits per heavy atom. The number of morpholine rings is 1. The zero-order chi connectivity index (χ0) is 16.4. The molecule has 1 atom stereocenters. The van der Waals surface area contributed by atoms with E-state index in [0.717, 1.165) is 44.4 Å². The van der Waals surface area contributed by atoms with E-state index in [1.165, 1.54) is 29.5 Å². The maximum atomic E-state index is 5.37. The minimum atomic E-state index is 0.444. The van der Waals surface area contributed by atoms with Gasteiger partial charge in [-0.25, -0.2) is 9.97 Å². The number of hydrogen-bond donors (Lipinski definition) is 1. The third-order valence-corrected chi connectivity index (χ3v) is 4.91. The van der Waals surface area contributed by atoms with E-state index in [0.29, 0.717) is 6.04 Å². The van der Waals surface area contributed by atoms with E-state index in [2.05, 4.69) is 45.3 Å². The van der Waals surface area contributed by atoms with E-state index in [4.69, 9.17) is 4.74 Å². The Balaban J connectivity index is 1.37. The smallest absolute Gasteiger partial charge is 0.225 e. The highest BCUT2D eigenvalue weighted by molar-refractivity contribution is 5.37. The van der Waals surface area contributed by atoms with Gasteiger partial charge in [-0.15, -0.1) is 0 Å². The Morgan fingerprint density at radius 2 is 2.00 bits per heavy atom. The van der Waals surface area contributed by atoms with Gasteiger partial charge < -0.3 is 15.0 Å². The van der Waals surface area contributed by atoms with Crippen LogP contribution in [0.5, 0.6) is 0 Å². The molecule has 1 aliphatic heterocycles. The van der Waals surface area contributed by atoms with Gasteiger partial charge in [-0.1, -0.05) is 23.8 Å². The van der Waals surface area contributed by atoms with Crippen molar-refractivity contribution in [3.8, 4) is 0 Å². The first-order valence-electron chi connectivity index (χ1n) is 8.76. The van der Waals surface area contributed by atoms with Gasteiger partial charge in [0.15, 0.2) is 0 Å². The molecule has 126 valence electrons. The van der Waals surface area contributed by atoms with Crippen molar-refractivity contribution in [2.75, 3.05) is 31.2 Å². The lowest BCUT2D eigenvalue weighted by molar-refractivity contribution is 0.122. The van der Waals surface area contributed by atoms with Crippen LogP contribution in [0.1, 0.15) is 34.7 Å². The number of hydrogen-bond acceptors (Lipinski definition) is 5. The van der Waals surface area contributed by atoms with Crippen molar-refractivity contribution in [3.63, 3.8) is 0 Å². The summed E-state index contributed by atoms with van der Waals surface area (Å²) in [6.07, 6.45) is 6.22. The minimum Gasteiger partial charge on any atom is -0.378 e. The molecule has 1 aliphatic carbocycles. The first kappa shape index (κ1) is 15.5. The second kappa shape index (κ2) is 6.87. The van der Waals surface area contributed by atoms with E-state index in [1.54, 1.807) is 0 Å². The van der Waals surface area contributed by atoms with Gasteiger partial charge in [0.2, 0.25) is 5.95 Å². The Kier molecular flexibility index (Phi) is 4.45. The molecule has 1 aromatic carbocycles. The summed E-state index contributed by atoms with van der Waals surface area (Å²) in [5.41, 5.74) is 5.42. The Bertz CT molecular complexity index is 695. The van der Waals surface area contributed by atoms with Crippen molar-refractivity contribution >= 4 is 5.95 Å². The molecule has 1 fully saturated rings. The van der Waals surface area contributed by atoms with Gasteiger partial charge in [-0.2, -0.15) is 0 Å². The fraction of sp³-hybridized carbons (Fsp3) is 0.474. The van der Waals surface area contributed by atoms with Crippen LogP contribution in [0.15, 0.2) is 30.6 Å². The predicted octanol–water partition coefficient (Wildman–Crippen LogP) is 2.40. The standard InChI is InChI=1S/C19H24N4O/c1-14-2-4-17-16(10-14)3-5-18(17)20-11-15-12-21-19(22-13-15)23-6-8-24-9-7-23/h2,4,10,12-13,18,20H,3,5-9,11H2,1H3/t18-/m1/s1. The number of benzene rings is 1. The predicted molar refractivity (Wildman–Crippen MR) is 94.1 cm³/mol. The molecular weight excluding hydrogens is 300 g/mol. The SMILES string of the molecule is Cc1ccc2c(c1)CC[C@H]2NCc1cnc(N2CCOCC2)nc1. The fourth-order valence-corrected chi connectivity index (χ4v) is 3.57. The molecule has 5 nitrogen and oxygen atoms in total. The molecule has 2 heterocycles.